The van der Waals surface area contributed by atoms with E-state index < -0.39 is 0 Å². The first-order valence-electron chi connectivity index (χ1n) is 18.1. The number of aromatic nitrogens is 1. The number of anilines is 3. The highest BCUT2D eigenvalue weighted by Crippen LogP contribution is 2.68. The minimum atomic E-state index is -0.387. The second-order valence-electron chi connectivity index (χ2n) is 14.0. The molecule has 0 radical (unpaired) electrons. The van der Waals surface area contributed by atoms with Gasteiger partial charge in [-0.25, -0.2) is 0 Å². The van der Waals surface area contributed by atoms with E-state index in [-0.39, 0.29) is 5.41 Å². The van der Waals surface area contributed by atoms with Crippen molar-refractivity contribution in [3.8, 4) is 26.6 Å². The minimum Gasteiger partial charge on any atom is -0.309 e. The number of benzene rings is 7. The number of rotatable bonds is 4. The van der Waals surface area contributed by atoms with Crippen LogP contribution in [0.5, 0.6) is 0 Å². The molecule has 0 bridgehead atoms. The van der Waals surface area contributed by atoms with Gasteiger partial charge in [-0.2, -0.15) is 0 Å². The molecule has 4 heteroatoms. The molecule has 3 aromatic heterocycles. The van der Waals surface area contributed by atoms with Crippen LogP contribution in [0.15, 0.2) is 182 Å². The highest BCUT2D eigenvalue weighted by atomic mass is 32.1. The third kappa shape index (κ3) is 3.86. The molecule has 12 rings (SSSR count). The van der Waals surface area contributed by atoms with Crippen molar-refractivity contribution < 1.29 is 0 Å². The molecular formula is C49H30N2S2. The maximum atomic E-state index is 2.52. The molecule has 0 unspecified atom stereocenters. The zero-order valence-electron chi connectivity index (χ0n) is 28.5. The molecule has 0 aliphatic heterocycles. The van der Waals surface area contributed by atoms with Gasteiger partial charge >= 0.3 is 0 Å². The lowest BCUT2D eigenvalue weighted by Crippen LogP contribution is -2.25. The Hall–Kier alpha value is -6.20. The van der Waals surface area contributed by atoms with Gasteiger partial charge in [0.05, 0.1) is 26.2 Å². The van der Waals surface area contributed by atoms with E-state index in [0.29, 0.717) is 0 Å². The summed E-state index contributed by atoms with van der Waals surface area (Å²) in [5.74, 6) is 0. The van der Waals surface area contributed by atoms with E-state index in [1.54, 1.807) is 0 Å². The van der Waals surface area contributed by atoms with Crippen molar-refractivity contribution in [2.45, 2.75) is 5.41 Å². The molecule has 10 aromatic rings. The van der Waals surface area contributed by atoms with Gasteiger partial charge in [-0.05, 0) is 99.4 Å². The molecule has 0 N–H and O–H groups in total. The van der Waals surface area contributed by atoms with E-state index in [9.17, 15) is 0 Å². The first-order chi connectivity index (χ1) is 26.3. The van der Waals surface area contributed by atoms with E-state index in [1.807, 2.05) is 22.7 Å². The van der Waals surface area contributed by atoms with Crippen molar-refractivity contribution in [3.63, 3.8) is 0 Å². The van der Waals surface area contributed by atoms with Crippen LogP contribution in [0.2, 0.25) is 0 Å². The summed E-state index contributed by atoms with van der Waals surface area (Å²) in [4.78, 5) is 5.26. The molecule has 0 saturated heterocycles. The van der Waals surface area contributed by atoms with Gasteiger partial charge in [0.15, 0.2) is 0 Å². The van der Waals surface area contributed by atoms with Crippen LogP contribution in [0, 0.1) is 0 Å². The number of nitrogens with zero attached hydrogens (tertiary/aromatic N) is 2. The Kier molecular flexibility index (Phi) is 6.05. The second-order valence-corrected chi connectivity index (χ2v) is 16.1. The Labute approximate surface area is 315 Å². The van der Waals surface area contributed by atoms with Crippen molar-refractivity contribution in [2.75, 3.05) is 4.90 Å². The zero-order valence-corrected chi connectivity index (χ0v) is 30.2. The van der Waals surface area contributed by atoms with Gasteiger partial charge in [-0.1, -0.05) is 121 Å². The molecule has 3 heterocycles. The molecule has 248 valence electrons. The molecule has 53 heavy (non-hydrogen) atoms. The van der Waals surface area contributed by atoms with Crippen LogP contribution in [0.1, 0.15) is 22.3 Å². The Balaban J connectivity index is 1.14. The van der Waals surface area contributed by atoms with Gasteiger partial charge in [0.1, 0.15) is 5.00 Å². The van der Waals surface area contributed by atoms with Crippen LogP contribution in [-0.2, 0) is 5.41 Å². The maximum Gasteiger partial charge on any atom is 0.101 e. The van der Waals surface area contributed by atoms with E-state index in [0.717, 1.165) is 11.4 Å². The number of fused-ring (bicyclic) bond motifs is 15. The molecule has 7 aromatic carbocycles. The smallest absolute Gasteiger partial charge is 0.101 e. The number of hydrogen-bond donors (Lipinski definition) is 0. The van der Waals surface area contributed by atoms with Crippen LogP contribution in [0.4, 0.5) is 16.4 Å². The normalized spacial score (nSPS) is 13.4. The maximum absolute atomic E-state index is 2.52. The average molecular weight is 711 g/mol. The fraction of sp³-hybridized carbons (Fsp3) is 0.0204. The number of para-hydroxylation sites is 3. The summed E-state index contributed by atoms with van der Waals surface area (Å²) >= 11 is 3.88. The van der Waals surface area contributed by atoms with E-state index >= 15 is 0 Å². The summed E-state index contributed by atoms with van der Waals surface area (Å²) in [5, 5.41) is 5.08. The summed E-state index contributed by atoms with van der Waals surface area (Å²) < 4.78 is 3.74. The molecule has 1 spiro atoms. The van der Waals surface area contributed by atoms with Crippen LogP contribution in [0.3, 0.4) is 0 Å². The standard InChI is InChI=1S/C49H30N2S2/c1-3-15-31(16-4-1)50(33-27-28-43-38(29-33)36-21-9-13-25-42(36)51(43)32-17-5-2-6-18-32)45-30-41-47(53-45)48-46(37-22-10-14-26-44(37)52-48)49(41)39-23-11-7-19-34(39)35-20-8-12-24-40(35)49/h1-30H. The monoisotopic (exact) mass is 710 g/mol. The quantitative estimate of drug-likeness (QED) is 0.177. The first-order valence-corrected chi connectivity index (χ1v) is 19.7. The van der Waals surface area contributed by atoms with Gasteiger partial charge in [0.2, 0.25) is 0 Å². The third-order valence-electron chi connectivity index (χ3n) is 11.4. The average Bonchev–Trinajstić information content (AvgIpc) is 4.01. The van der Waals surface area contributed by atoms with Crippen molar-refractivity contribution in [3.05, 3.63) is 204 Å². The second kappa shape index (κ2) is 10.9. The van der Waals surface area contributed by atoms with Gasteiger partial charge in [0, 0.05) is 32.5 Å². The third-order valence-corrected chi connectivity index (χ3v) is 13.9. The van der Waals surface area contributed by atoms with Crippen molar-refractivity contribution in [2.24, 2.45) is 0 Å². The van der Waals surface area contributed by atoms with Crippen LogP contribution >= 0.6 is 22.7 Å². The van der Waals surface area contributed by atoms with Crippen LogP contribution in [-0.4, -0.2) is 4.57 Å². The van der Waals surface area contributed by atoms with Crippen LogP contribution < -0.4 is 4.90 Å². The van der Waals surface area contributed by atoms with Crippen molar-refractivity contribution >= 4 is 70.9 Å². The molecule has 2 aliphatic carbocycles. The molecule has 0 saturated carbocycles. The lowest BCUT2D eigenvalue weighted by atomic mass is 9.70. The molecule has 2 aliphatic rings. The SMILES string of the molecule is c1ccc(N(c2ccc3c(c2)c2ccccc2n3-c2ccccc2)c2cc3c(s2)-c2sc4ccccc4c2C32c3ccccc3-c3ccccc32)cc1. The summed E-state index contributed by atoms with van der Waals surface area (Å²) in [6.07, 6.45) is 0. The summed E-state index contributed by atoms with van der Waals surface area (Å²) in [5.41, 5.74) is 13.8. The predicted molar refractivity (Wildman–Crippen MR) is 225 cm³/mol. The highest BCUT2D eigenvalue weighted by molar-refractivity contribution is 7.28. The van der Waals surface area contributed by atoms with Crippen molar-refractivity contribution in [1.82, 2.24) is 4.57 Å². The summed E-state index contributed by atoms with van der Waals surface area (Å²) in [7, 11) is 0. The fourth-order valence-corrected chi connectivity index (χ4v) is 12.0. The molecule has 2 nitrogen and oxygen atoms in total. The fourth-order valence-electron chi connectivity index (χ4n) is 9.38. The summed E-state index contributed by atoms with van der Waals surface area (Å²) in [6.45, 7) is 0. The summed E-state index contributed by atoms with van der Waals surface area (Å²) in [6, 6.07) is 67.2. The first kappa shape index (κ1) is 29.4. The molecule has 0 atom stereocenters. The van der Waals surface area contributed by atoms with Crippen LogP contribution in [0.25, 0.3) is 58.5 Å². The van der Waals surface area contributed by atoms with E-state index in [1.165, 1.54) is 85.7 Å². The largest absolute Gasteiger partial charge is 0.309 e. The van der Waals surface area contributed by atoms with E-state index in [4.69, 9.17) is 0 Å². The molecular weight excluding hydrogens is 681 g/mol. The Morgan fingerprint density at radius 3 is 1.83 bits per heavy atom. The van der Waals surface area contributed by atoms with Gasteiger partial charge in [-0.3, -0.25) is 0 Å². The number of hydrogen-bond acceptors (Lipinski definition) is 3. The van der Waals surface area contributed by atoms with Gasteiger partial charge in [0.25, 0.3) is 0 Å². The Morgan fingerprint density at radius 2 is 1.06 bits per heavy atom. The molecule has 0 fully saturated rings. The minimum absolute atomic E-state index is 0.387. The van der Waals surface area contributed by atoms with Crippen molar-refractivity contribution in [1.29, 1.82) is 0 Å². The lowest BCUT2D eigenvalue weighted by Gasteiger charge is -2.30. The van der Waals surface area contributed by atoms with E-state index in [2.05, 4.69) is 191 Å². The zero-order chi connectivity index (χ0) is 34.7. The highest BCUT2D eigenvalue weighted by Gasteiger charge is 2.54. The van der Waals surface area contributed by atoms with Gasteiger partial charge < -0.3 is 9.47 Å². The predicted octanol–water partition coefficient (Wildman–Crippen LogP) is 13.9. The lowest BCUT2D eigenvalue weighted by molar-refractivity contribution is 0.805. The topological polar surface area (TPSA) is 8.17 Å². The molecule has 0 amide bonds. The Bertz CT molecular complexity index is 3030. The Morgan fingerprint density at radius 1 is 0.434 bits per heavy atom. The van der Waals surface area contributed by atoms with Gasteiger partial charge in [-0.15, -0.1) is 22.7 Å². The number of thiophene rings is 2.